The summed E-state index contributed by atoms with van der Waals surface area (Å²) in [5.41, 5.74) is 3.02. The highest BCUT2D eigenvalue weighted by atomic mass is 19.1. The Balaban J connectivity index is 1.21. The van der Waals surface area contributed by atoms with Gasteiger partial charge in [-0.25, -0.2) is 8.78 Å². The summed E-state index contributed by atoms with van der Waals surface area (Å²) in [5, 5.41) is 9.87. The standard InChI is InChI=1S/C25H26F2N6O2/c1-31-8-10-32(11-9-31)19-5-2-16(3-6-19)25(35)28-24-20-14-33(15-22(20)29-30-24)23(34)13-17-12-18(26)4-7-21(17)27/h2-7,12H,8-11,13-15H2,1H3,(H2,28,29,30,35). The number of nitrogens with zero attached hydrogens (tertiary/aromatic N) is 4. The summed E-state index contributed by atoms with van der Waals surface area (Å²) in [7, 11) is 2.11. The minimum atomic E-state index is -0.620. The van der Waals surface area contributed by atoms with Gasteiger partial charge in [0.1, 0.15) is 11.6 Å². The number of fused-ring (bicyclic) bond motifs is 1. The first kappa shape index (κ1) is 23.0. The summed E-state index contributed by atoms with van der Waals surface area (Å²) in [5.74, 6) is -1.48. The van der Waals surface area contributed by atoms with Crippen LogP contribution in [0.1, 0.15) is 27.2 Å². The zero-order chi connectivity index (χ0) is 24.5. The van der Waals surface area contributed by atoms with Gasteiger partial charge in [-0.3, -0.25) is 14.7 Å². The highest BCUT2D eigenvalue weighted by molar-refractivity contribution is 6.04. The normalized spacial score (nSPS) is 15.9. The highest BCUT2D eigenvalue weighted by Gasteiger charge is 2.29. The van der Waals surface area contributed by atoms with Gasteiger partial charge >= 0.3 is 0 Å². The Hall–Kier alpha value is -3.79. The highest BCUT2D eigenvalue weighted by Crippen LogP contribution is 2.28. The summed E-state index contributed by atoms with van der Waals surface area (Å²) in [4.78, 5) is 31.6. The van der Waals surface area contributed by atoms with Gasteiger partial charge in [0.25, 0.3) is 5.91 Å². The fourth-order valence-electron chi connectivity index (χ4n) is 4.44. The summed E-state index contributed by atoms with van der Waals surface area (Å²) in [6.07, 6.45) is -0.247. The smallest absolute Gasteiger partial charge is 0.256 e. The van der Waals surface area contributed by atoms with E-state index in [4.69, 9.17) is 0 Å². The lowest BCUT2D eigenvalue weighted by Gasteiger charge is -2.34. The average Bonchev–Trinajstić information content (AvgIpc) is 3.44. The van der Waals surface area contributed by atoms with Crippen LogP contribution in [0.5, 0.6) is 0 Å². The van der Waals surface area contributed by atoms with Gasteiger partial charge in [-0.2, -0.15) is 5.10 Å². The Morgan fingerprint density at radius 1 is 1.03 bits per heavy atom. The summed E-state index contributed by atoms with van der Waals surface area (Å²) >= 11 is 0. The molecule has 1 fully saturated rings. The first-order chi connectivity index (χ1) is 16.9. The van der Waals surface area contributed by atoms with Crippen molar-refractivity contribution in [2.24, 2.45) is 0 Å². The van der Waals surface area contributed by atoms with Gasteiger partial charge in [0.2, 0.25) is 5.91 Å². The molecule has 0 radical (unpaired) electrons. The largest absolute Gasteiger partial charge is 0.369 e. The van der Waals surface area contributed by atoms with Gasteiger partial charge in [0, 0.05) is 48.6 Å². The Morgan fingerprint density at radius 2 is 1.77 bits per heavy atom. The fourth-order valence-corrected chi connectivity index (χ4v) is 4.44. The van der Waals surface area contributed by atoms with Crippen molar-refractivity contribution in [2.75, 3.05) is 43.4 Å². The van der Waals surface area contributed by atoms with Crippen molar-refractivity contribution in [1.82, 2.24) is 20.0 Å². The number of piperazine rings is 1. The monoisotopic (exact) mass is 480 g/mol. The van der Waals surface area contributed by atoms with E-state index in [-0.39, 0.29) is 36.9 Å². The number of H-pyrrole nitrogens is 1. The lowest BCUT2D eigenvalue weighted by Crippen LogP contribution is -2.44. The maximum absolute atomic E-state index is 13.9. The van der Waals surface area contributed by atoms with Crippen LogP contribution < -0.4 is 10.2 Å². The van der Waals surface area contributed by atoms with E-state index in [0.29, 0.717) is 22.6 Å². The summed E-state index contributed by atoms with van der Waals surface area (Å²) in [6, 6.07) is 10.5. The zero-order valence-corrected chi connectivity index (χ0v) is 19.4. The molecule has 2 N–H and O–H groups in total. The van der Waals surface area contributed by atoms with E-state index < -0.39 is 11.6 Å². The number of hydrogen-bond acceptors (Lipinski definition) is 5. The van der Waals surface area contributed by atoms with Crippen LogP contribution in [0.2, 0.25) is 0 Å². The lowest BCUT2D eigenvalue weighted by molar-refractivity contribution is -0.131. The molecule has 3 aromatic rings. The van der Waals surface area contributed by atoms with Crippen molar-refractivity contribution < 1.29 is 18.4 Å². The van der Waals surface area contributed by atoms with Gasteiger partial charge in [-0.15, -0.1) is 0 Å². The third kappa shape index (κ3) is 4.88. The second kappa shape index (κ2) is 9.46. The Bertz CT molecular complexity index is 1250. The number of likely N-dealkylation sites (N-methyl/N-ethyl adjacent to an activating group) is 1. The molecule has 3 heterocycles. The predicted molar refractivity (Wildman–Crippen MR) is 127 cm³/mol. The van der Waals surface area contributed by atoms with Gasteiger partial charge in [0.05, 0.1) is 25.2 Å². The molecule has 10 heteroatoms. The van der Waals surface area contributed by atoms with E-state index in [1.807, 2.05) is 12.1 Å². The lowest BCUT2D eigenvalue weighted by atomic mass is 10.1. The number of anilines is 2. The molecule has 8 nitrogen and oxygen atoms in total. The number of halogens is 2. The van der Waals surface area contributed by atoms with Crippen LogP contribution in [-0.2, 0) is 24.3 Å². The van der Waals surface area contributed by atoms with E-state index in [2.05, 4.69) is 32.4 Å². The zero-order valence-electron chi connectivity index (χ0n) is 19.4. The quantitative estimate of drug-likeness (QED) is 0.587. The Labute approximate surface area is 201 Å². The van der Waals surface area contributed by atoms with E-state index in [0.717, 1.165) is 50.1 Å². The summed E-state index contributed by atoms with van der Waals surface area (Å²) in [6.45, 7) is 4.38. The minimum absolute atomic E-state index is 0.0113. The Morgan fingerprint density at radius 3 is 2.51 bits per heavy atom. The van der Waals surface area contributed by atoms with E-state index in [1.165, 1.54) is 4.90 Å². The molecule has 2 aliphatic rings. The number of aromatic amines is 1. The molecule has 1 saturated heterocycles. The number of amides is 2. The maximum Gasteiger partial charge on any atom is 0.256 e. The van der Waals surface area contributed by atoms with E-state index >= 15 is 0 Å². The number of aromatic nitrogens is 2. The number of carbonyl (C=O) groups is 2. The van der Waals surface area contributed by atoms with E-state index in [9.17, 15) is 18.4 Å². The van der Waals surface area contributed by atoms with Crippen LogP contribution in [0.3, 0.4) is 0 Å². The third-order valence-electron chi connectivity index (χ3n) is 6.58. The molecule has 0 saturated carbocycles. The third-order valence-corrected chi connectivity index (χ3v) is 6.58. The van der Waals surface area contributed by atoms with Gasteiger partial charge in [-0.1, -0.05) is 0 Å². The van der Waals surface area contributed by atoms with E-state index in [1.54, 1.807) is 12.1 Å². The molecule has 0 unspecified atom stereocenters. The number of carbonyl (C=O) groups excluding carboxylic acids is 2. The van der Waals surface area contributed by atoms with Gasteiger partial charge in [-0.05, 0) is 49.5 Å². The van der Waals surface area contributed by atoms with Crippen LogP contribution in [0.25, 0.3) is 0 Å². The number of benzene rings is 2. The molecule has 0 atom stereocenters. The van der Waals surface area contributed by atoms with Gasteiger partial charge in [0.15, 0.2) is 5.82 Å². The van der Waals surface area contributed by atoms with Crippen LogP contribution in [-0.4, -0.2) is 65.0 Å². The molecular weight excluding hydrogens is 454 g/mol. The molecule has 35 heavy (non-hydrogen) atoms. The average molecular weight is 481 g/mol. The number of nitrogens with one attached hydrogen (secondary N) is 2. The molecule has 5 rings (SSSR count). The number of rotatable bonds is 5. The molecule has 2 aromatic carbocycles. The molecule has 0 aliphatic carbocycles. The minimum Gasteiger partial charge on any atom is -0.369 e. The van der Waals surface area contributed by atoms with Crippen LogP contribution in [0.15, 0.2) is 42.5 Å². The number of hydrogen-bond donors (Lipinski definition) is 2. The van der Waals surface area contributed by atoms with Crippen LogP contribution in [0, 0.1) is 11.6 Å². The maximum atomic E-state index is 13.9. The molecule has 0 spiro atoms. The fraction of sp³-hybridized carbons (Fsp3) is 0.320. The second-order valence-corrected chi connectivity index (χ2v) is 8.98. The van der Waals surface area contributed by atoms with Gasteiger partial charge < -0.3 is 20.0 Å². The second-order valence-electron chi connectivity index (χ2n) is 8.98. The molecular formula is C25H26F2N6O2. The van der Waals surface area contributed by atoms with Crippen molar-refractivity contribution in [1.29, 1.82) is 0 Å². The van der Waals surface area contributed by atoms with Crippen LogP contribution in [0.4, 0.5) is 20.3 Å². The van der Waals surface area contributed by atoms with Crippen LogP contribution >= 0.6 is 0 Å². The first-order valence-electron chi connectivity index (χ1n) is 11.5. The summed E-state index contributed by atoms with van der Waals surface area (Å²) < 4.78 is 27.4. The molecule has 0 bridgehead atoms. The van der Waals surface area contributed by atoms with Crippen molar-refractivity contribution >= 4 is 23.3 Å². The molecule has 1 aromatic heterocycles. The van der Waals surface area contributed by atoms with Crippen molar-refractivity contribution in [2.45, 2.75) is 19.5 Å². The van der Waals surface area contributed by atoms with Crippen molar-refractivity contribution in [3.05, 3.63) is 76.5 Å². The SMILES string of the molecule is CN1CCN(c2ccc(C(=O)Nc3n[nH]c4c3CN(C(=O)Cc3cc(F)ccc3F)C4)cc2)CC1. The first-order valence-corrected chi connectivity index (χ1v) is 11.5. The van der Waals surface area contributed by atoms with Crippen molar-refractivity contribution in [3.8, 4) is 0 Å². The predicted octanol–water partition coefficient (Wildman–Crippen LogP) is 2.78. The Kier molecular flexibility index (Phi) is 6.21. The molecule has 2 aliphatic heterocycles. The molecule has 182 valence electrons. The van der Waals surface area contributed by atoms with Crippen molar-refractivity contribution in [3.63, 3.8) is 0 Å². The topological polar surface area (TPSA) is 84.6 Å². The molecule has 2 amide bonds.